The van der Waals surface area contributed by atoms with Crippen molar-refractivity contribution in [3.8, 4) is 0 Å². The van der Waals surface area contributed by atoms with Crippen LogP contribution in [0.3, 0.4) is 0 Å². The number of aryl methyl sites for hydroxylation is 1. The minimum Gasteiger partial charge on any atom is -0.393 e. The predicted molar refractivity (Wildman–Crippen MR) is 79.8 cm³/mol. The SMILES string of the molecule is CCn1nc(C(C)C)cc1C(=O)NCCC(O)C(C)C. The molecule has 0 saturated heterocycles. The van der Waals surface area contributed by atoms with Crippen molar-refractivity contribution in [1.82, 2.24) is 15.1 Å². The Balaban J connectivity index is 2.63. The third kappa shape index (κ3) is 4.34. The molecular formula is C15H27N3O2. The van der Waals surface area contributed by atoms with Crippen LogP contribution in [0.4, 0.5) is 0 Å². The molecule has 0 aromatic carbocycles. The van der Waals surface area contributed by atoms with E-state index in [4.69, 9.17) is 0 Å². The standard InChI is InChI=1S/C15H27N3O2/c1-6-18-13(9-12(17-18)10(2)3)15(20)16-8-7-14(19)11(4)5/h9-11,14,19H,6-8H2,1-5H3,(H,16,20). The average molecular weight is 281 g/mol. The molecule has 114 valence electrons. The van der Waals surface area contributed by atoms with E-state index in [0.717, 1.165) is 5.69 Å². The lowest BCUT2D eigenvalue weighted by atomic mass is 10.0. The van der Waals surface area contributed by atoms with Gasteiger partial charge in [0.15, 0.2) is 0 Å². The number of rotatable bonds is 7. The summed E-state index contributed by atoms with van der Waals surface area (Å²) in [6.07, 6.45) is 0.193. The molecule has 0 aliphatic rings. The van der Waals surface area contributed by atoms with Gasteiger partial charge in [-0.05, 0) is 31.2 Å². The number of aliphatic hydroxyl groups is 1. The van der Waals surface area contributed by atoms with Crippen LogP contribution in [0.2, 0.25) is 0 Å². The topological polar surface area (TPSA) is 67.2 Å². The summed E-state index contributed by atoms with van der Waals surface area (Å²) in [6.45, 7) is 11.2. The Kier molecular flexibility index (Phi) is 6.20. The molecule has 0 aliphatic heterocycles. The summed E-state index contributed by atoms with van der Waals surface area (Å²) >= 11 is 0. The third-order valence-corrected chi connectivity index (χ3v) is 3.42. The summed E-state index contributed by atoms with van der Waals surface area (Å²) < 4.78 is 1.73. The number of hydrogen-bond donors (Lipinski definition) is 2. The molecule has 1 amide bonds. The van der Waals surface area contributed by atoms with E-state index in [0.29, 0.717) is 31.1 Å². The Hall–Kier alpha value is -1.36. The summed E-state index contributed by atoms with van der Waals surface area (Å²) in [4.78, 5) is 12.2. The molecule has 1 unspecified atom stereocenters. The van der Waals surface area contributed by atoms with Crippen molar-refractivity contribution in [3.63, 3.8) is 0 Å². The highest BCUT2D eigenvalue weighted by Crippen LogP contribution is 2.14. The molecule has 0 saturated carbocycles. The zero-order chi connectivity index (χ0) is 15.3. The lowest BCUT2D eigenvalue weighted by molar-refractivity contribution is 0.0910. The van der Waals surface area contributed by atoms with Gasteiger partial charge in [0.05, 0.1) is 11.8 Å². The van der Waals surface area contributed by atoms with E-state index in [-0.39, 0.29) is 17.9 Å². The molecular weight excluding hydrogens is 254 g/mol. The lowest BCUT2D eigenvalue weighted by Gasteiger charge is -2.14. The zero-order valence-electron chi connectivity index (χ0n) is 13.2. The normalized spacial score (nSPS) is 13.0. The van der Waals surface area contributed by atoms with Crippen LogP contribution in [0.25, 0.3) is 0 Å². The molecule has 0 radical (unpaired) electrons. The maximum atomic E-state index is 12.2. The molecule has 2 N–H and O–H groups in total. The van der Waals surface area contributed by atoms with Gasteiger partial charge in [-0.2, -0.15) is 5.10 Å². The van der Waals surface area contributed by atoms with Gasteiger partial charge in [0.25, 0.3) is 5.91 Å². The smallest absolute Gasteiger partial charge is 0.269 e. The van der Waals surface area contributed by atoms with Crippen molar-refractivity contribution < 1.29 is 9.90 Å². The van der Waals surface area contributed by atoms with Crippen LogP contribution in [0.15, 0.2) is 6.07 Å². The van der Waals surface area contributed by atoms with Crippen molar-refractivity contribution in [2.45, 2.75) is 59.6 Å². The first-order chi connectivity index (χ1) is 9.36. The van der Waals surface area contributed by atoms with Crippen molar-refractivity contribution in [1.29, 1.82) is 0 Å². The number of aromatic nitrogens is 2. The predicted octanol–water partition coefficient (Wildman–Crippen LogP) is 2.16. The number of nitrogens with zero attached hydrogens (tertiary/aromatic N) is 2. The van der Waals surface area contributed by atoms with Crippen molar-refractivity contribution in [3.05, 3.63) is 17.5 Å². The van der Waals surface area contributed by atoms with E-state index in [1.54, 1.807) is 4.68 Å². The Labute approximate surface area is 121 Å². The summed E-state index contributed by atoms with van der Waals surface area (Å²) in [5.41, 5.74) is 1.52. The highest BCUT2D eigenvalue weighted by molar-refractivity contribution is 5.92. The second kappa shape index (κ2) is 7.43. The Bertz CT molecular complexity index is 438. The minimum atomic E-state index is -0.377. The van der Waals surface area contributed by atoms with Crippen molar-refractivity contribution >= 4 is 5.91 Å². The van der Waals surface area contributed by atoms with Gasteiger partial charge in [-0.25, -0.2) is 0 Å². The summed E-state index contributed by atoms with van der Waals surface area (Å²) in [5.74, 6) is 0.389. The van der Waals surface area contributed by atoms with Crippen LogP contribution in [0.5, 0.6) is 0 Å². The van der Waals surface area contributed by atoms with Gasteiger partial charge in [0.2, 0.25) is 0 Å². The molecule has 1 rings (SSSR count). The molecule has 5 heteroatoms. The van der Waals surface area contributed by atoms with Crippen molar-refractivity contribution in [2.75, 3.05) is 6.54 Å². The summed E-state index contributed by atoms with van der Waals surface area (Å²) in [5, 5.41) is 17.0. The molecule has 1 atom stereocenters. The fourth-order valence-electron chi connectivity index (χ4n) is 1.90. The Morgan fingerprint density at radius 3 is 2.55 bits per heavy atom. The molecule has 1 heterocycles. The van der Waals surface area contributed by atoms with Gasteiger partial charge in [-0.15, -0.1) is 0 Å². The molecule has 0 fully saturated rings. The van der Waals surface area contributed by atoms with E-state index >= 15 is 0 Å². The van der Waals surface area contributed by atoms with E-state index < -0.39 is 0 Å². The average Bonchev–Trinajstić information content (AvgIpc) is 2.82. The highest BCUT2D eigenvalue weighted by Gasteiger charge is 2.16. The van der Waals surface area contributed by atoms with Gasteiger partial charge >= 0.3 is 0 Å². The maximum Gasteiger partial charge on any atom is 0.269 e. The van der Waals surface area contributed by atoms with E-state index in [1.165, 1.54) is 0 Å². The molecule has 1 aromatic heterocycles. The monoisotopic (exact) mass is 281 g/mol. The Morgan fingerprint density at radius 1 is 1.40 bits per heavy atom. The van der Waals surface area contributed by atoms with Crippen LogP contribution in [0, 0.1) is 5.92 Å². The largest absolute Gasteiger partial charge is 0.393 e. The van der Waals surface area contributed by atoms with Gasteiger partial charge in [0, 0.05) is 13.1 Å². The van der Waals surface area contributed by atoms with Gasteiger partial charge < -0.3 is 10.4 Å². The second-order valence-corrected chi connectivity index (χ2v) is 5.78. The molecule has 0 aliphatic carbocycles. The molecule has 20 heavy (non-hydrogen) atoms. The van der Waals surface area contributed by atoms with Crippen LogP contribution in [0.1, 0.15) is 63.1 Å². The van der Waals surface area contributed by atoms with Crippen LogP contribution in [-0.2, 0) is 6.54 Å². The first kappa shape index (κ1) is 16.7. The third-order valence-electron chi connectivity index (χ3n) is 3.42. The Morgan fingerprint density at radius 2 is 2.05 bits per heavy atom. The number of hydrogen-bond acceptors (Lipinski definition) is 3. The fraction of sp³-hybridized carbons (Fsp3) is 0.733. The van der Waals surface area contributed by atoms with Gasteiger partial charge in [-0.3, -0.25) is 9.48 Å². The molecule has 1 aromatic rings. The van der Waals surface area contributed by atoms with E-state index in [2.05, 4.69) is 24.3 Å². The zero-order valence-corrected chi connectivity index (χ0v) is 13.2. The lowest BCUT2D eigenvalue weighted by Crippen LogP contribution is -2.30. The van der Waals surface area contributed by atoms with E-state index in [1.807, 2.05) is 26.8 Å². The van der Waals surface area contributed by atoms with E-state index in [9.17, 15) is 9.90 Å². The maximum absolute atomic E-state index is 12.2. The molecule has 0 bridgehead atoms. The fourth-order valence-corrected chi connectivity index (χ4v) is 1.90. The second-order valence-electron chi connectivity index (χ2n) is 5.78. The number of carbonyl (C=O) groups is 1. The summed E-state index contributed by atoms with van der Waals surface area (Å²) in [7, 11) is 0. The van der Waals surface area contributed by atoms with Crippen LogP contribution in [-0.4, -0.2) is 33.4 Å². The first-order valence-electron chi connectivity index (χ1n) is 7.40. The minimum absolute atomic E-state index is 0.123. The number of carbonyl (C=O) groups excluding carboxylic acids is 1. The molecule has 5 nitrogen and oxygen atoms in total. The highest BCUT2D eigenvalue weighted by atomic mass is 16.3. The summed E-state index contributed by atoms with van der Waals surface area (Å²) in [6, 6.07) is 1.85. The quantitative estimate of drug-likeness (QED) is 0.805. The molecule has 0 spiro atoms. The number of aliphatic hydroxyl groups excluding tert-OH is 1. The number of nitrogens with one attached hydrogen (secondary N) is 1. The van der Waals surface area contributed by atoms with Crippen LogP contribution >= 0.6 is 0 Å². The van der Waals surface area contributed by atoms with Gasteiger partial charge in [0.1, 0.15) is 5.69 Å². The number of amides is 1. The van der Waals surface area contributed by atoms with Crippen LogP contribution < -0.4 is 5.32 Å². The van der Waals surface area contributed by atoms with Crippen molar-refractivity contribution in [2.24, 2.45) is 5.92 Å². The first-order valence-corrected chi connectivity index (χ1v) is 7.40. The van der Waals surface area contributed by atoms with Gasteiger partial charge in [-0.1, -0.05) is 27.7 Å².